The number of ether oxygens (including phenoxy) is 2. The second kappa shape index (κ2) is 3.27. The summed E-state index contributed by atoms with van der Waals surface area (Å²) in [6.45, 7) is 5.07. The molecule has 2 fully saturated rings. The summed E-state index contributed by atoms with van der Waals surface area (Å²) >= 11 is 0. The fourth-order valence-electron chi connectivity index (χ4n) is 2.15. The Morgan fingerprint density at radius 1 is 1.77 bits per heavy atom. The van der Waals surface area contributed by atoms with Crippen LogP contribution in [0.15, 0.2) is 0 Å². The Kier molecular flexibility index (Phi) is 2.26. The average Bonchev–Trinajstić information content (AvgIpc) is 2.61. The van der Waals surface area contributed by atoms with E-state index in [9.17, 15) is 4.79 Å². The number of carbonyl (C=O) groups is 1. The van der Waals surface area contributed by atoms with Gasteiger partial charge in [-0.15, -0.1) is 0 Å². The van der Waals surface area contributed by atoms with Crippen molar-refractivity contribution in [2.75, 3.05) is 32.9 Å². The number of carbonyl (C=O) groups excluding carboxylic acids is 1. The summed E-state index contributed by atoms with van der Waals surface area (Å²) in [7, 11) is 0. The van der Waals surface area contributed by atoms with Gasteiger partial charge in [0, 0.05) is 19.0 Å². The van der Waals surface area contributed by atoms with Crippen LogP contribution in [0, 0.1) is 11.3 Å². The van der Waals surface area contributed by atoms with Crippen LogP contribution in [0.25, 0.3) is 0 Å². The molecular formula is C9H15NO3. The van der Waals surface area contributed by atoms with E-state index in [2.05, 4.69) is 5.32 Å². The van der Waals surface area contributed by atoms with Crippen LogP contribution in [0.4, 0.5) is 0 Å². The molecule has 0 aliphatic carbocycles. The van der Waals surface area contributed by atoms with Crippen LogP contribution >= 0.6 is 0 Å². The molecule has 4 nitrogen and oxygen atoms in total. The molecule has 0 amide bonds. The van der Waals surface area contributed by atoms with Gasteiger partial charge in [-0.1, -0.05) is 0 Å². The van der Waals surface area contributed by atoms with Gasteiger partial charge in [-0.05, 0) is 6.92 Å². The molecule has 74 valence electrons. The minimum atomic E-state index is -0.379. The van der Waals surface area contributed by atoms with Crippen molar-refractivity contribution in [1.82, 2.24) is 5.32 Å². The van der Waals surface area contributed by atoms with Crippen LogP contribution in [0.5, 0.6) is 0 Å². The zero-order valence-corrected chi connectivity index (χ0v) is 7.84. The molecule has 2 rings (SSSR count). The molecule has 0 saturated carbocycles. The molecule has 0 aromatic rings. The molecule has 13 heavy (non-hydrogen) atoms. The van der Waals surface area contributed by atoms with Gasteiger partial charge >= 0.3 is 5.97 Å². The lowest BCUT2D eigenvalue weighted by Crippen LogP contribution is -2.40. The van der Waals surface area contributed by atoms with E-state index in [1.165, 1.54) is 0 Å². The second-order valence-corrected chi connectivity index (χ2v) is 3.72. The molecule has 0 aromatic carbocycles. The Morgan fingerprint density at radius 2 is 2.62 bits per heavy atom. The number of hydrogen-bond acceptors (Lipinski definition) is 4. The molecule has 0 spiro atoms. The van der Waals surface area contributed by atoms with Gasteiger partial charge in [0.05, 0.1) is 19.8 Å². The molecule has 2 aliphatic heterocycles. The van der Waals surface area contributed by atoms with Gasteiger partial charge in [-0.3, -0.25) is 4.79 Å². The van der Waals surface area contributed by atoms with E-state index in [-0.39, 0.29) is 11.4 Å². The first-order chi connectivity index (χ1) is 6.29. The lowest BCUT2D eigenvalue weighted by atomic mass is 9.81. The van der Waals surface area contributed by atoms with E-state index < -0.39 is 0 Å². The van der Waals surface area contributed by atoms with Crippen molar-refractivity contribution in [2.24, 2.45) is 11.3 Å². The van der Waals surface area contributed by atoms with Crippen molar-refractivity contribution in [3.63, 3.8) is 0 Å². The SMILES string of the molecule is CCOC(=O)[C@]12CNC[C@H]1COC2. The summed E-state index contributed by atoms with van der Waals surface area (Å²) in [6.07, 6.45) is 0. The van der Waals surface area contributed by atoms with Crippen LogP contribution in [-0.2, 0) is 14.3 Å². The minimum absolute atomic E-state index is 0.0949. The summed E-state index contributed by atoms with van der Waals surface area (Å²) in [5, 5.41) is 3.22. The van der Waals surface area contributed by atoms with Crippen LogP contribution in [-0.4, -0.2) is 38.9 Å². The first kappa shape index (κ1) is 8.97. The minimum Gasteiger partial charge on any atom is -0.465 e. The van der Waals surface area contributed by atoms with Crippen LogP contribution in [0.3, 0.4) is 0 Å². The normalized spacial score (nSPS) is 37.5. The molecule has 4 heteroatoms. The van der Waals surface area contributed by atoms with Gasteiger partial charge in [0.25, 0.3) is 0 Å². The average molecular weight is 185 g/mol. The molecule has 1 N–H and O–H groups in total. The highest BCUT2D eigenvalue weighted by Gasteiger charge is 2.54. The van der Waals surface area contributed by atoms with E-state index >= 15 is 0 Å². The lowest BCUT2D eigenvalue weighted by Gasteiger charge is -2.23. The van der Waals surface area contributed by atoms with E-state index in [1.807, 2.05) is 6.92 Å². The zero-order valence-electron chi connectivity index (χ0n) is 7.84. The quantitative estimate of drug-likeness (QED) is 0.604. The van der Waals surface area contributed by atoms with Crippen LogP contribution in [0.2, 0.25) is 0 Å². The van der Waals surface area contributed by atoms with Gasteiger partial charge in [-0.25, -0.2) is 0 Å². The van der Waals surface area contributed by atoms with Crippen molar-refractivity contribution in [1.29, 1.82) is 0 Å². The van der Waals surface area contributed by atoms with Gasteiger partial charge in [-0.2, -0.15) is 0 Å². The summed E-state index contributed by atoms with van der Waals surface area (Å²) in [5.74, 6) is 0.217. The first-order valence-corrected chi connectivity index (χ1v) is 4.75. The predicted octanol–water partition coefficient (Wildman–Crippen LogP) is -0.215. The first-order valence-electron chi connectivity index (χ1n) is 4.75. The third kappa shape index (κ3) is 1.25. The Balaban J connectivity index is 2.12. The number of rotatable bonds is 2. The summed E-state index contributed by atoms with van der Waals surface area (Å²) in [5.41, 5.74) is -0.379. The van der Waals surface area contributed by atoms with Crippen molar-refractivity contribution < 1.29 is 14.3 Å². The van der Waals surface area contributed by atoms with Crippen LogP contribution < -0.4 is 5.32 Å². The maximum Gasteiger partial charge on any atom is 0.316 e. The number of esters is 1. The fourth-order valence-corrected chi connectivity index (χ4v) is 2.15. The van der Waals surface area contributed by atoms with Gasteiger partial charge < -0.3 is 14.8 Å². The molecule has 2 heterocycles. The third-order valence-corrected chi connectivity index (χ3v) is 2.97. The fraction of sp³-hybridized carbons (Fsp3) is 0.889. The Labute approximate surface area is 77.6 Å². The monoisotopic (exact) mass is 185 g/mol. The molecular weight excluding hydrogens is 170 g/mol. The summed E-state index contributed by atoms with van der Waals surface area (Å²) < 4.78 is 10.4. The molecule has 0 aromatic heterocycles. The van der Waals surface area contributed by atoms with Crippen molar-refractivity contribution in [3.8, 4) is 0 Å². The topological polar surface area (TPSA) is 47.6 Å². The highest BCUT2D eigenvalue weighted by Crippen LogP contribution is 2.38. The Morgan fingerprint density at radius 3 is 3.38 bits per heavy atom. The standard InChI is InChI=1S/C9H15NO3/c1-2-13-8(11)9-5-10-3-7(9)4-12-6-9/h7,10H,2-6H2,1H3/t7-,9-/m0/s1. The van der Waals surface area contributed by atoms with E-state index in [1.54, 1.807) is 0 Å². The number of fused-ring (bicyclic) bond motifs is 1. The van der Waals surface area contributed by atoms with E-state index in [4.69, 9.17) is 9.47 Å². The summed E-state index contributed by atoms with van der Waals surface area (Å²) in [4.78, 5) is 11.7. The molecule has 0 radical (unpaired) electrons. The Hall–Kier alpha value is -0.610. The van der Waals surface area contributed by atoms with Crippen molar-refractivity contribution in [2.45, 2.75) is 6.92 Å². The molecule has 0 unspecified atom stereocenters. The van der Waals surface area contributed by atoms with Gasteiger partial charge in [0.2, 0.25) is 0 Å². The smallest absolute Gasteiger partial charge is 0.316 e. The Bertz CT molecular complexity index is 207. The van der Waals surface area contributed by atoms with Crippen molar-refractivity contribution >= 4 is 5.97 Å². The number of hydrogen-bond donors (Lipinski definition) is 1. The van der Waals surface area contributed by atoms with E-state index in [0.717, 1.165) is 6.54 Å². The zero-order chi connectivity index (χ0) is 9.31. The lowest BCUT2D eigenvalue weighted by molar-refractivity contribution is -0.155. The van der Waals surface area contributed by atoms with Gasteiger partial charge in [0.15, 0.2) is 0 Å². The molecule has 2 aliphatic rings. The van der Waals surface area contributed by atoms with Crippen LogP contribution in [0.1, 0.15) is 6.92 Å². The van der Waals surface area contributed by atoms with E-state index in [0.29, 0.717) is 32.3 Å². The molecule has 0 bridgehead atoms. The van der Waals surface area contributed by atoms with Gasteiger partial charge in [0.1, 0.15) is 5.41 Å². The largest absolute Gasteiger partial charge is 0.465 e. The summed E-state index contributed by atoms with van der Waals surface area (Å²) in [6, 6.07) is 0. The number of nitrogens with one attached hydrogen (secondary N) is 1. The molecule has 2 saturated heterocycles. The maximum absolute atomic E-state index is 11.7. The highest BCUT2D eigenvalue weighted by atomic mass is 16.5. The third-order valence-electron chi connectivity index (χ3n) is 2.97. The highest BCUT2D eigenvalue weighted by molar-refractivity contribution is 5.78. The second-order valence-electron chi connectivity index (χ2n) is 3.72. The predicted molar refractivity (Wildman–Crippen MR) is 46.2 cm³/mol. The van der Waals surface area contributed by atoms with Crippen molar-refractivity contribution in [3.05, 3.63) is 0 Å². The molecule has 2 atom stereocenters. The maximum atomic E-state index is 11.7.